The monoisotopic (exact) mass is 368 g/mol. The van der Waals surface area contributed by atoms with Gasteiger partial charge in [-0.1, -0.05) is 53.0 Å². The highest BCUT2D eigenvalue weighted by Crippen LogP contribution is 2.29. The molecule has 132 valence electrons. The third kappa shape index (κ3) is 4.22. The molecule has 0 spiro atoms. The van der Waals surface area contributed by atoms with E-state index in [9.17, 15) is 9.59 Å². The quantitative estimate of drug-likeness (QED) is 0.675. The fourth-order valence-electron chi connectivity index (χ4n) is 2.25. The van der Waals surface area contributed by atoms with E-state index in [1.165, 1.54) is 0 Å². The van der Waals surface area contributed by atoms with Gasteiger partial charge in [-0.25, -0.2) is 0 Å². The number of aryl methyl sites for hydroxylation is 1. The molecule has 0 aliphatic rings. The van der Waals surface area contributed by atoms with Crippen molar-refractivity contribution in [1.29, 1.82) is 0 Å². The van der Waals surface area contributed by atoms with Crippen LogP contribution < -0.4 is 15.6 Å². The van der Waals surface area contributed by atoms with Crippen LogP contribution in [0.2, 0.25) is 0 Å². The van der Waals surface area contributed by atoms with Crippen LogP contribution in [0.15, 0.2) is 54.6 Å². The highest BCUT2D eigenvalue weighted by atomic mass is 32.1. The van der Waals surface area contributed by atoms with Crippen LogP contribution in [0.5, 0.6) is 5.75 Å². The van der Waals surface area contributed by atoms with Crippen molar-refractivity contribution in [3.63, 3.8) is 0 Å². The van der Waals surface area contributed by atoms with Crippen LogP contribution in [0.3, 0.4) is 0 Å². The maximum atomic E-state index is 11.9. The molecule has 0 saturated heterocycles. The second-order valence-electron chi connectivity index (χ2n) is 5.34. The highest BCUT2D eigenvalue weighted by molar-refractivity contribution is 7.07. The van der Waals surface area contributed by atoms with Crippen molar-refractivity contribution >= 4 is 23.3 Å². The summed E-state index contributed by atoms with van der Waals surface area (Å²) in [6, 6.07) is 17.2. The molecule has 0 aliphatic carbocycles. The first kappa shape index (κ1) is 17.6. The third-order valence-corrected chi connectivity index (χ3v) is 4.33. The van der Waals surface area contributed by atoms with Crippen LogP contribution in [0.1, 0.15) is 15.4 Å². The Hall–Kier alpha value is -3.26. The van der Waals surface area contributed by atoms with Crippen molar-refractivity contribution in [3.05, 3.63) is 65.2 Å². The van der Waals surface area contributed by atoms with E-state index < -0.39 is 11.8 Å². The number of aromatic nitrogens is 2. The predicted octanol–water partition coefficient (Wildman–Crippen LogP) is 2.35. The molecular weight excluding hydrogens is 352 g/mol. The number of hydrogen-bond donors (Lipinski definition) is 2. The first-order valence-electron chi connectivity index (χ1n) is 7.80. The zero-order chi connectivity index (χ0) is 18.4. The van der Waals surface area contributed by atoms with Gasteiger partial charge in [0.25, 0.3) is 11.8 Å². The van der Waals surface area contributed by atoms with E-state index in [1.54, 1.807) is 13.0 Å². The maximum absolute atomic E-state index is 11.9. The van der Waals surface area contributed by atoms with Gasteiger partial charge in [0.05, 0.1) is 5.69 Å². The van der Waals surface area contributed by atoms with Crippen LogP contribution in [0, 0.1) is 6.92 Å². The number of hydrogen-bond acceptors (Lipinski definition) is 6. The maximum Gasteiger partial charge on any atom is 0.283 e. The van der Waals surface area contributed by atoms with Crippen molar-refractivity contribution in [2.24, 2.45) is 0 Å². The summed E-state index contributed by atoms with van der Waals surface area (Å²) in [6.45, 7) is 1.44. The van der Waals surface area contributed by atoms with Crippen LogP contribution in [-0.4, -0.2) is 28.0 Å². The number of ether oxygens (including phenoxy) is 1. The molecular formula is C18H16N4O3S. The summed E-state index contributed by atoms with van der Waals surface area (Å²) in [6.07, 6.45) is 0. The van der Waals surface area contributed by atoms with Gasteiger partial charge in [0, 0.05) is 5.56 Å². The van der Waals surface area contributed by atoms with Crippen molar-refractivity contribution in [2.75, 3.05) is 6.61 Å². The Morgan fingerprint density at radius 1 is 1.04 bits per heavy atom. The Kier molecular flexibility index (Phi) is 5.55. The lowest BCUT2D eigenvalue weighted by molar-refractivity contribution is -0.123. The number of nitrogens with zero attached hydrogens (tertiary/aromatic N) is 2. The summed E-state index contributed by atoms with van der Waals surface area (Å²) >= 11 is 0.963. The molecule has 0 fully saturated rings. The molecule has 2 N–H and O–H groups in total. The Bertz CT molecular complexity index is 912. The smallest absolute Gasteiger partial charge is 0.283 e. The van der Waals surface area contributed by atoms with Crippen molar-refractivity contribution in [3.8, 4) is 16.9 Å². The van der Waals surface area contributed by atoms with Gasteiger partial charge in [0.1, 0.15) is 10.6 Å². The molecule has 3 aromatic rings. The number of para-hydroxylation sites is 1. The first-order chi connectivity index (χ1) is 12.6. The molecule has 1 aromatic heterocycles. The molecule has 0 aliphatic heterocycles. The molecule has 0 atom stereocenters. The summed E-state index contributed by atoms with van der Waals surface area (Å²) < 4.78 is 9.29. The van der Waals surface area contributed by atoms with Crippen LogP contribution >= 0.6 is 11.5 Å². The Balaban J connectivity index is 1.57. The van der Waals surface area contributed by atoms with Crippen LogP contribution in [0.4, 0.5) is 0 Å². The average Bonchev–Trinajstić information content (AvgIpc) is 3.11. The average molecular weight is 368 g/mol. The molecule has 0 bridgehead atoms. The normalized spacial score (nSPS) is 10.2. The SMILES string of the molecule is Cc1nnsc1C(=O)NNC(=O)COc1ccccc1-c1ccccc1. The molecule has 2 amide bonds. The van der Waals surface area contributed by atoms with Gasteiger partial charge in [-0.05, 0) is 30.1 Å². The van der Waals surface area contributed by atoms with Crippen LogP contribution in [0.25, 0.3) is 11.1 Å². The molecule has 3 rings (SSSR count). The highest BCUT2D eigenvalue weighted by Gasteiger charge is 2.14. The molecule has 1 heterocycles. The third-order valence-electron chi connectivity index (χ3n) is 3.50. The number of benzene rings is 2. The van der Waals surface area contributed by atoms with E-state index in [4.69, 9.17) is 4.74 Å². The number of nitrogens with one attached hydrogen (secondary N) is 2. The Morgan fingerprint density at radius 2 is 1.77 bits per heavy atom. The number of amides is 2. The van der Waals surface area contributed by atoms with Gasteiger partial charge < -0.3 is 4.74 Å². The fraction of sp³-hybridized carbons (Fsp3) is 0.111. The summed E-state index contributed by atoms with van der Waals surface area (Å²) in [5.41, 5.74) is 7.02. The van der Waals surface area contributed by atoms with Crippen molar-refractivity contribution in [1.82, 2.24) is 20.4 Å². The largest absolute Gasteiger partial charge is 0.483 e. The summed E-state index contributed by atoms with van der Waals surface area (Å²) in [4.78, 5) is 24.2. The van der Waals surface area contributed by atoms with Crippen molar-refractivity contribution < 1.29 is 14.3 Å². The Morgan fingerprint density at radius 3 is 2.50 bits per heavy atom. The minimum Gasteiger partial charge on any atom is -0.483 e. The van der Waals surface area contributed by atoms with E-state index in [0.29, 0.717) is 16.3 Å². The van der Waals surface area contributed by atoms with E-state index in [-0.39, 0.29) is 6.61 Å². The molecule has 0 saturated carbocycles. The van der Waals surface area contributed by atoms with Gasteiger partial charge in [-0.15, -0.1) is 5.10 Å². The standard InChI is InChI=1S/C18H16N4O3S/c1-12-17(26-22-19-12)18(24)21-20-16(23)11-25-15-10-6-5-9-14(15)13-7-3-2-4-8-13/h2-10H,11H2,1H3,(H,20,23)(H,21,24). The molecule has 2 aromatic carbocycles. The number of hydrazine groups is 1. The number of carbonyl (C=O) groups excluding carboxylic acids is 2. The van der Waals surface area contributed by atoms with Gasteiger partial charge >= 0.3 is 0 Å². The summed E-state index contributed by atoms with van der Waals surface area (Å²) in [7, 11) is 0. The Labute approximate surface area is 154 Å². The second kappa shape index (κ2) is 8.21. The van der Waals surface area contributed by atoms with E-state index >= 15 is 0 Å². The van der Waals surface area contributed by atoms with Gasteiger partial charge in [-0.3, -0.25) is 20.4 Å². The minimum absolute atomic E-state index is 0.232. The lowest BCUT2D eigenvalue weighted by Crippen LogP contribution is -2.43. The summed E-state index contributed by atoms with van der Waals surface area (Å²) in [5, 5.41) is 3.75. The molecule has 0 unspecified atom stereocenters. The van der Waals surface area contributed by atoms with E-state index in [2.05, 4.69) is 20.4 Å². The number of rotatable bonds is 5. The summed E-state index contributed by atoms with van der Waals surface area (Å²) in [5.74, 6) is -0.352. The molecule has 8 heteroatoms. The van der Waals surface area contributed by atoms with E-state index in [1.807, 2.05) is 48.5 Å². The molecule has 7 nitrogen and oxygen atoms in total. The topological polar surface area (TPSA) is 93.2 Å². The first-order valence-corrected chi connectivity index (χ1v) is 8.58. The second-order valence-corrected chi connectivity index (χ2v) is 6.09. The van der Waals surface area contributed by atoms with E-state index in [0.717, 1.165) is 22.7 Å². The fourth-order valence-corrected chi connectivity index (χ4v) is 2.80. The van der Waals surface area contributed by atoms with Gasteiger partial charge in [0.15, 0.2) is 6.61 Å². The van der Waals surface area contributed by atoms with Gasteiger partial charge in [-0.2, -0.15) is 0 Å². The van der Waals surface area contributed by atoms with Crippen LogP contribution in [-0.2, 0) is 4.79 Å². The lowest BCUT2D eigenvalue weighted by atomic mass is 10.1. The minimum atomic E-state index is -0.476. The zero-order valence-corrected chi connectivity index (χ0v) is 14.7. The molecule has 26 heavy (non-hydrogen) atoms. The predicted molar refractivity (Wildman–Crippen MR) is 97.6 cm³/mol. The number of carbonyl (C=O) groups is 2. The zero-order valence-electron chi connectivity index (χ0n) is 13.9. The lowest BCUT2D eigenvalue weighted by Gasteiger charge is -2.12. The molecule has 0 radical (unpaired) electrons. The van der Waals surface area contributed by atoms with Gasteiger partial charge in [0.2, 0.25) is 0 Å². The van der Waals surface area contributed by atoms with Crippen molar-refractivity contribution in [2.45, 2.75) is 6.92 Å².